The summed E-state index contributed by atoms with van der Waals surface area (Å²) >= 11 is 5.88. The van der Waals surface area contributed by atoms with E-state index in [0.717, 1.165) is 0 Å². The summed E-state index contributed by atoms with van der Waals surface area (Å²) in [6, 6.07) is 5.40. The first-order valence-electron chi connectivity index (χ1n) is 5.31. The van der Waals surface area contributed by atoms with Gasteiger partial charge in [0.2, 0.25) is 5.88 Å². The fourth-order valence-corrected chi connectivity index (χ4v) is 1.68. The van der Waals surface area contributed by atoms with Crippen LogP contribution < -0.4 is 4.74 Å². The van der Waals surface area contributed by atoms with Gasteiger partial charge in [-0.25, -0.2) is 14.2 Å². The molecule has 2 aromatic rings. The van der Waals surface area contributed by atoms with Crippen LogP contribution in [0.1, 0.15) is 15.9 Å². The minimum Gasteiger partial charge on any atom is -0.478 e. The van der Waals surface area contributed by atoms with Crippen molar-refractivity contribution >= 4 is 17.6 Å². The van der Waals surface area contributed by atoms with Gasteiger partial charge in [-0.05, 0) is 36.8 Å². The summed E-state index contributed by atoms with van der Waals surface area (Å²) in [6.07, 6.45) is 1.28. The van der Waals surface area contributed by atoms with Crippen molar-refractivity contribution in [3.05, 3.63) is 52.4 Å². The SMILES string of the molecule is Cc1cc(Oc2nccc(C(=O)O)c2Cl)ccc1F. The largest absolute Gasteiger partial charge is 0.478 e. The van der Waals surface area contributed by atoms with Gasteiger partial charge in [-0.1, -0.05) is 11.6 Å². The number of aromatic carboxylic acids is 1. The molecule has 0 aliphatic rings. The number of ether oxygens (including phenoxy) is 1. The van der Waals surface area contributed by atoms with E-state index >= 15 is 0 Å². The van der Waals surface area contributed by atoms with Crippen LogP contribution in [0.3, 0.4) is 0 Å². The number of hydrogen-bond donors (Lipinski definition) is 1. The summed E-state index contributed by atoms with van der Waals surface area (Å²) in [7, 11) is 0. The second kappa shape index (κ2) is 5.24. The van der Waals surface area contributed by atoms with E-state index in [1.54, 1.807) is 6.92 Å². The fraction of sp³-hybridized carbons (Fsp3) is 0.0769. The Balaban J connectivity index is 2.35. The standard InChI is InChI=1S/C13H9ClFNO3/c1-7-6-8(2-3-10(7)15)19-12-11(14)9(13(17)18)4-5-16-12/h2-6H,1H3,(H,17,18). The molecule has 1 N–H and O–H groups in total. The van der Waals surface area contributed by atoms with Crippen LogP contribution in [0.5, 0.6) is 11.6 Å². The Morgan fingerprint density at radius 1 is 1.42 bits per heavy atom. The van der Waals surface area contributed by atoms with Crippen molar-refractivity contribution in [1.29, 1.82) is 0 Å². The van der Waals surface area contributed by atoms with Crippen molar-refractivity contribution < 1.29 is 19.0 Å². The maximum Gasteiger partial charge on any atom is 0.337 e. The molecule has 0 aliphatic heterocycles. The van der Waals surface area contributed by atoms with Crippen molar-refractivity contribution in [3.8, 4) is 11.6 Å². The summed E-state index contributed by atoms with van der Waals surface area (Å²) in [4.78, 5) is 14.8. The third-order valence-electron chi connectivity index (χ3n) is 2.43. The average Bonchev–Trinajstić information content (AvgIpc) is 2.36. The van der Waals surface area contributed by atoms with Crippen molar-refractivity contribution in [2.24, 2.45) is 0 Å². The van der Waals surface area contributed by atoms with Gasteiger partial charge in [0.15, 0.2) is 0 Å². The first kappa shape index (κ1) is 13.3. The highest BCUT2D eigenvalue weighted by Gasteiger charge is 2.15. The molecule has 0 aliphatic carbocycles. The van der Waals surface area contributed by atoms with Crippen LogP contribution >= 0.6 is 11.6 Å². The third-order valence-corrected chi connectivity index (χ3v) is 2.80. The number of benzene rings is 1. The summed E-state index contributed by atoms with van der Waals surface area (Å²) < 4.78 is 18.5. The zero-order valence-corrected chi connectivity index (χ0v) is 10.6. The third kappa shape index (κ3) is 2.82. The summed E-state index contributed by atoms with van der Waals surface area (Å²) in [5, 5.41) is 8.82. The van der Waals surface area contributed by atoms with Gasteiger partial charge in [-0.15, -0.1) is 0 Å². The fourth-order valence-electron chi connectivity index (χ4n) is 1.45. The Morgan fingerprint density at radius 2 is 2.16 bits per heavy atom. The predicted octanol–water partition coefficient (Wildman–Crippen LogP) is 3.67. The molecule has 2 rings (SSSR count). The molecule has 1 aromatic carbocycles. The molecule has 98 valence electrons. The molecule has 0 fully saturated rings. The van der Waals surface area contributed by atoms with Gasteiger partial charge in [-0.3, -0.25) is 0 Å². The van der Waals surface area contributed by atoms with E-state index < -0.39 is 5.97 Å². The lowest BCUT2D eigenvalue weighted by Gasteiger charge is -2.08. The molecule has 4 nitrogen and oxygen atoms in total. The zero-order valence-electron chi connectivity index (χ0n) is 9.85. The van der Waals surface area contributed by atoms with E-state index in [9.17, 15) is 9.18 Å². The molecule has 0 saturated carbocycles. The highest BCUT2D eigenvalue weighted by atomic mass is 35.5. The monoisotopic (exact) mass is 281 g/mol. The molecule has 0 radical (unpaired) electrons. The number of carboxylic acids is 1. The molecule has 0 atom stereocenters. The number of halogens is 2. The molecule has 0 spiro atoms. The lowest BCUT2D eigenvalue weighted by Crippen LogP contribution is -2.00. The molecular formula is C13H9ClFNO3. The summed E-state index contributed by atoms with van der Waals surface area (Å²) in [6.45, 7) is 1.59. The van der Waals surface area contributed by atoms with Gasteiger partial charge in [0.1, 0.15) is 16.6 Å². The molecule has 1 heterocycles. The predicted molar refractivity (Wildman–Crippen MR) is 67.4 cm³/mol. The van der Waals surface area contributed by atoms with E-state index in [-0.39, 0.29) is 22.3 Å². The average molecular weight is 282 g/mol. The minimum absolute atomic E-state index is 0.0347. The van der Waals surface area contributed by atoms with E-state index in [1.165, 1.54) is 30.5 Å². The summed E-state index contributed by atoms with van der Waals surface area (Å²) in [5.74, 6) is -1.23. The second-order valence-corrected chi connectivity index (χ2v) is 4.17. The maximum atomic E-state index is 13.1. The number of rotatable bonds is 3. The Labute approximate surface area is 113 Å². The van der Waals surface area contributed by atoms with Crippen LogP contribution in [0, 0.1) is 12.7 Å². The molecule has 0 amide bonds. The van der Waals surface area contributed by atoms with Gasteiger partial charge >= 0.3 is 5.97 Å². The van der Waals surface area contributed by atoms with Crippen molar-refractivity contribution in [3.63, 3.8) is 0 Å². The minimum atomic E-state index is -1.17. The van der Waals surface area contributed by atoms with Gasteiger partial charge in [0, 0.05) is 6.20 Å². The maximum absolute atomic E-state index is 13.1. The molecule has 0 bridgehead atoms. The van der Waals surface area contributed by atoms with E-state index in [1.807, 2.05) is 0 Å². The Bertz CT molecular complexity index is 646. The smallest absolute Gasteiger partial charge is 0.337 e. The molecule has 1 aromatic heterocycles. The normalized spacial score (nSPS) is 10.3. The van der Waals surface area contributed by atoms with E-state index in [4.69, 9.17) is 21.4 Å². The van der Waals surface area contributed by atoms with Crippen LogP contribution in [0.4, 0.5) is 4.39 Å². The first-order chi connectivity index (χ1) is 8.99. The zero-order chi connectivity index (χ0) is 14.0. The number of aryl methyl sites for hydroxylation is 1. The van der Waals surface area contributed by atoms with Crippen LogP contribution in [0.15, 0.2) is 30.5 Å². The number of aromatic nitrogens is 1. The summed E-state index contributed by atoms with van der Waals surface area (Å²) in [5.41, 5.74) is 0.300. The Kier molecular flexibility index (Phi) is 3.66. The topological polar surface area (TPSA) is 59.4 Å². The van der Waals surface area contributed by atoms with Crippen LogP contribution in [0.2, 0.25) is 5.02 Å². The Hall–Kier alpha value is -2.14. The number of carbonyl (C=O) groups is 1. The molecule has 19 heavy (non-hydrogen) atoms. The van der Waals surface area contributed by atoms with Crippen LogP contribution in [-0.4, -0.2) is 16.1 Å². The number of nitrogens with zero attached hydrogens (tertiary/aromatic N) is 1. The molecule has 0 saturated heterocycles. The van der Waals surface area contributed by atoms with E-state index in [0.29, 0.717) is 11.3 Å². The van der Waals surface area contributed by atoms with Crippen LogP contribution in [0.25, 0.3) is 0 Å². The number of hydrogen-bond acceptors (Lipinski definition) is 3. The second-order valence-electron chi connectivity index (χ2n) is 3.80. The first-order valence-corrected chi connectivity index (χ1v) is 5.68. The van der Waals surface area contributed by atoms with Crippen molar-refractivity contribution in [2.75, 3.05) is 0 Å². The molecular weight excluding hydrogens is 273 g/mol. The van der Waals surface area contributed by atoms with Crippen molar-refractivity contribution in [1.82, 2.24) is 4.98 Å². The quantitative estimate of drug-likeness (QED) is 0.932. The van der Waals surface area contributed by atoms with Gasteiger partial charge in [-0.2, -0.15) is 0 Å². The number of carboxylic acid groups (broad SMARTS) is 1. The highest BCUT2D eigenvalue weighted by Crippen LogP contribution is 2.30. The number of pyridine rings is 1. The lowest BCUT2D eigenvalue weighted by atomic mass is 10.2. The van der Waals surface area contributed by atoms with Crippen LogP contribution in [-0.2, 0) is 0 Å². The molecule has 6 heteroatoms. The van der Waals surface area contributed by atoms with E-state index in [2.05, 4.69) is 4.98 Å². The van der Waals surface area contributed by atoms with Gasteiger partial charge in [0.05, 0.1) is 5.56 Å². The van der Waals surface area contributed by atoms with Gasteiger partial charge < -0.3 is 9.84 Å². The van der Waals surface area contributed by atoms with Gasteiger partial charge in [0.25, 0.3) is 0 Å². The highest BCUT2D eigenvalue weighted by molar-refractivity contribution is 6.34. The Morgan fingerprint density at radius 3 is 2.79 bits per heavy atom. The lowest BCUT2D eigenvalue weighted by molar-refractivity contribution is 0.0696. The van der Waals surface area contributed by atoms with Crippen molar-refractivity contribution in [2.45, 2.75) is 6.92 Å². The molecule has 0 unspecified atom stereocenters.